The van der Waals surface area contributed by atoms with E-state index < -0.39 is 12.1 Å². The van der Waals surface area contributed by atoms with Crippen LogP contribution in [0.4, 0.5) is 11.5 Å². The maximum atomic E-state index is 13.2. The molecule has 0 radical (unpaired) electrons. The number of anilines is 2. The van der Waals surface area contributed by atoms with Crippen LogP contribution in [0.3, 0.4) is 0 Å². The number of para-hydroxylation sites is 1. The van der Waals surface area contributed by atoms with Gasteiger partial charge in [0, 0.05) is 24.1 Å². The molecule has 1 amide bonds. The molecule has 1 aliphatic rings. The molecule has 26 heavy (non-hydrogen) atoms. The van der Waals surface area contributed by atoms with Crippen molar-refractivity contribution in [3.8, 4) is 0 Å². The van der Waals surface area contributed by atoms with Crippen molar-refractivity contribution in [2.75, 3.05) is 10.6 Å². The van der Waals surface area contributed by atoms with Gasteiger partial charge in [-0.2, -0.15) is 0 Å². The highest BCUT2D eigenvalue weighted by atomic mass is 16.5. The molecule has 1 aromatic carbocycles. The predicted molar refractivity (Wildman–Crippen MR) is 97.6 cm³/mol. The second-order valence-corrected chi connectivity index (χ2v) is 6.75. The summed E-state index contributed by atoms with van der Waals surface area (Å²) in [6.45, 7) is 5.66. The number of carbonyl (C=O) groups excluding carboxylic acids is 2. The fraction of sp³-hybridized carbons (Fsp3) is 0.368. The summed E-state index contributed by atoms with van der Waals surface area (Å²) >= 11 is 0. The van der Waals surface area contributed by atoms with Crippen molar-refractivity contribution in [1.29, 1.82) is 0 Å². The number of rotatable bonds is 4. The number of carbonyl (C=O) groups is 2. The van der Waals surface area contributed by atoms with E-state index in [4.69, 9.17) is 10.5 Å². The molecule has 7 nitrogen and oxygen atoms in total. The number of nitrogens with zero attached hydrogens (tertiary/aromatic N) is 3. The smallest absolute Gasteiger partial charge is 0.361 e. The summed E-state index contributed by atoms with van der Waals surface area (Å²) in [6, 6.07) is 7.78. The van der Waals surface area contributed by atoms with Gasteiger partial charge in [-0.15, -0.1) is 0 Å². The maximum absolute atomic E-state index is 13.2. The van der Waals surface area contributed by atoms with Gasteiger partial charge in [-0.25, -0.2) is 14.8 Å². The Bertz CT molecular complexity index is 837. The topological polar surface area (TPSA) is 98.4 Å². The summed E-state index contributed by atoms with van der Waals surface area (Å²) in [4.78, 5) is 35.1. The first-order valence-electron chi connectivity index (χ1n) is 8.58. The molecular formula is C19H22N4O3. The molecule has 7 heteroatoms. The van der Waals surface area contributed by atoms with Crippen molar-refractivity contribution in [3.05, 3.63) is 47.9 Å². The minimum absolute atomic E-state index is 0.00133. The molecule has 0 bridgehead atoms. The van der Waals surface area contributed by atoms with Crippen LogP contribution >= 0.6 is 0 Å². The van der Waals surface area contributed by atoms with Gasteiger partial charge in [-0.05, 0) is 30.9 Å². The molecule has 1 aliphatic heterocycles. The summed E-state index contributed by atoms with van der Waals surface area (Å²) in [7, 11) is 0. The van der Waals surface area contributed by atoms with E-state index >= 15 is 0 Å². The lowest BCUT2D eigenvalue weighted by molar-refractivity contribution is -0.129. The molecule has 0 spiro atoms. The van der Waals surface area contributed by atoms with E-state index in [0.29, 0.717) is 0 Å². The third-order valence-electron chi connectivity index (χ3n) is 4.45. The van der Waals surface area contributed by atoms with E-state index in [1.807, 2.05) is 45.0 Å². The Balaban J connectivity index is 1.86. The number of benzene rings is 1. The minimum Gasteiger partial charge on any atom is -0.447 e. The van der Waals surface area contributed by atoms with Crippen LogP contribution in [0.15, 0.2) is 36.7 Å². The van der Waals surface area contributed by atoms with Crippen LogP contribution in [0, 0.1) is 5.92 Å². The zero-order chi connectivity index (χ0) is 18.8. The summed E-state index contributed by atoms with van der Waals surface area (Å²) < 4.78 is 5.50. The van der Waals surface area contributed by atoms with Gasteiger partial charge in [0.1, 0.15) is 0 Å². The van der Waals surface area contributed by atoms with E-state index in [0.717, 1.165) is 17.7 Å². The van der Waals surface area contributed by atoms with Gasteiger partial charge in [-0.3, -0.25) is 4.79 Å². The van der Waals surface area contributed by atoms with Gasteiger partial charge in [0.25, 0.3) is 5.91 Å². The van der Waals surface area contributed by atoms with Crippen molar-refractivity contribution < 1.29 is 14.3 Å². The van der Waals surface area contributed by atoms with Gasteiger partial charge >= 0.3 is 5.97 Å². The predicted octanol–water partition coefficient (Wildman–Crippen LogP) is 2.22. The van der Waals surface area contributed by atoms with Crippen LogP contribution in [0.5, 0.6) is 0 Å². The fourth-order valence-corrected chi connectivity index (χ4v) is 3.19. The third kappa shape index (κ3) is 3.24. The first kappa shape index (κ1) is 17.8. The Morgan fingerprint density at radius 3 is 2.62 bits per heavy atom. The Labute approximate surface area is 152 Å². The van der Waals surface area contributed by atoms with Crippen LogP contribution in [-0.4, -0.2) is 34.0 Å². The summed E-state index contributed by atoms with van der Waals surface area (Å²) in [6.07, 6.45) is 2.59. The van der Waals surface area contributed by atoms with Crippen molar-refractivity contribution in [2.24, 2.45) is 5.92 Å². The summed E-state index contributed by atoms with van der Waals surface area (Å²) in [5.74, 6) is -1.22. The van der Waals surface area contributed by atoms with E-state index in [1.165, 1.54) is 12.4 Å². The Morgan fingerprint density at radius 2 is 1.92 bits per heavy atom. The van der Waals surface area contributed by atoms with E-state index in [1.54, 1.807) is 4.90 Å². The lowest BCUT2D eigenvalue weighted by Gasteiger charge is -2.29. The Morgan fingerprint density at radius 1 is 1.23 bits per heavy atom. The van der Waals surface area contributed by atoms with E-state index in [2.05, 4.69) is 9.97 Å². The number of hydrogen-bond acceptors (Lipinski definition) is 6. The minimum atomic E-state index is -0.933. The normalized spacial score (nSPS) is 17.1. The van der Waals surface area contributed by atoms with Gasteiger partial charge < -0.3 is 15.4 Å². The number of nitrogens with two attached hydrogens (primary N) is 1. The van der Waals surface area contributed by atoms with Gasteiger partial charge in [0.05, 0.1) is 0 Å². The molecule has 0 aliphatic carbocycles. The quantitative estimate of drug-likeness (QED) is 0.845. The third-order valence-corrected chi connectivity index (χ3v) is 4.45. The SMILES string of the molecule is CC(C)[C@@H](OC(=O)c1nccnc1N)C(=O)N1c2ccccc2C[C@@H]1C. The number of aromatic nitrogens is 2. The van der Waals surface area contributed by atoms with Crippen molar-refractivity contribution >= 4 is 23.4 Å². The second-order valence-electron chi connectivity index (χ2n) is 6.75. The van der Waals surface area contributed by atoms with Gasteiger partial charge in [-0.1, -0.05) is 32.0 Å². The zero-order valence-electron chi connectivity index (χ0n) is 15.0. The summed E-state index contributed by atoms with van der Waals surface area (Å²) in [5, 5.41) is 0. The second kappa shape index (κ2) is 7.11. The number of ether oxygens (including phenoxy) is 1. The van der Waals surface area contributed by atoms with Crippen molar-refractivity contribution in [3.63, 3.8) is 0 Å². The average molecular weight is 354 g/mol. The lowest BCUT2D eigenvalue weighted by Crippen LogP contribution is -2.46. The van der Waals surface area contributed by atoms with Crippen LogP contribution < -0.4 is 10.6 Å². The summed E-state index contributed by atoms with van der Waals surface area (Å²) in [5.41, 5.74) is 7.58. The lowest BCUT2D eigenvalue weighted by atomic mass is 10.1. The molecule has 136 valence electrons. The molecule has 3 rings (SSSR count). The number of esters is 1. The highest BCUT2D eigenvalue weighted by molar-refractivity contribution is 6.01. The molecular weight excluding hydrogens is 332 g/mol. The number of amides is 1. The first-order valence-corrected chi connectivity index (χ1v) is 8.58. The molecule has 2 heterocycles. The largest absolute Gasteiger partial charge is 0.447 e. The fourth-order valence-electron chi connectivity index (χ4n) is 3.19. The number of nitrogen functional groups attached to an aromatic ring is 1. The highest BCUT2D eigenvalue weighted by Crippen LogP contribution is 2.33. The van der Waals surface area contributed by atoms with Crippen molar-refractivity contribution in [1.82, 2.24) is 9.97 Å². The zero-order valence-corrected chi connectivity index (χ0v) is 15.0. The van der Waals surface area contributed by atoms with Crippen molar-refractivity contribution in [2.45, 2.75) is 39.3 Å². The maximum Gasteiger partial charge on any atom is 0.361 e. The molecule has 0 fully saturated rings. The molecule has 2 N–H and O–H groups in total. The molecule has 0 saturated carbocycles. The van der Waals surface area contributed by atoms with Crippen LogP contribution in [0.25, 0.3) is 0 Å². The molecule has 1 aromatic heterocycles. The van der Waals surface area contributed by atoms with E-state index in [-0.39, 0.29) is 29.4 Å². The first-order chi connectivity index (χ1) is 12.4. The Kier molecular flexibility index (Phi) is 4.88. The average Bonchev–Trinajstić information content (AvgIpc) is 2.94. The molecule has 0 saturated heterocycles. The van der Waals surface area contributed by atoms with Gasteiger partial charge in [0.2, 0.25) is 0 Å². The highest BCUT2D eigenvalue weighted by Gasteiger charge is 2.38. The molecule has 0 unspecified atom stereocenters. The van der Waals surface area contributed by atoms with Crippen LogP contribution in [-0.2, 0) is 16.0 Å². The molecule has 2 aromatic rings. The Hall–Kier alpha value is -2.96. The number of fused-ring (bicyclic) bond motifs is 1. The van der Waals surface area contributed by atoms with Crippen LogP contribution in [0.2, 0.25) is 0 Å². The van der Waals surface area contributed by atoms with Gasteiger partial charge in [0.15, 0.2) is 17.6 Å². The molecule has 2 atom stereocenters. The standard InChI is InChI=1S/C19H22N4O3/c1-11(2)16(26-19(25)15-17(20)22-9-8-21-15)18(24)23-12(3)10-13-6-4-5-7-14(13)23/h4-9,11-12,16H,10H2,1-3H3,(H2,20,22)/t12-,16+/m0/s1. The number of hydrogen-bond donors (Lipinski definition) is 1. The monoisotopic (exact) mass is 354 g/mol. The van der Waals surface area contributed by atoms with E-state index in [9.17, 15) is 9.59 Å². The van der Waals surface area contributed by atoms with Crippen LogP contribution in [0.1, 0.15) is 36.8 Å².